The van der Waals surface area contributed by atoms with Gasteiger partial charge >= 0.3 is 0 Å². The molecule has 0 spiro atoms. The van der Waals surface area contributed by atoms with Gasteiger partial charge in [-0.3, -0.25) is 0 Å². The fourth-order valence-corrected chi connectivity index (χ4v) is 3.29. The summed E-state index contributed by atoms with van der Waals surface area (Å²) in [6.45, 7) is 10.8. The molecule has 1 aliphatic rings. The number of rotatable bonds is 0. The molecule has 0 aromatic rings. The lowest BCUT2D eigenvalue weighted by Gasteiger charge is -2.41. The maximum atomic E-state index is 6.05. The van der Waals surface area contributed by atoms with Crippen molar-refractivity contribution in [3.8, 4) is 0 Å². The Hall–Kier alpha value is 0.500. The van der Waals surface area contributed by atoms with Crippen LogP contribution in [0.4, 0.5) is 0 Å². The van der Waals surface area contributed by atoms with Gasteiger partial charge in [0, 0.05) is 9.90 Å². The Bertz CT molecular complexity index is 261. The quantitative estimate of drug-likeness (QED) is 0.591. The minimum absolute atomic E-state index is 0.0727. The van der Waals surface area contributed by atoms with Crippen molar-refractivity contribution in [1.82, 2.24) is 0 Å². The highest BCUT2D eigenvalue weighted by Gasteiger charge is 2.39. The number of ether oxygens (including phenoxy) is 1. The van der Waals surface area contributed by atoms with Crippen LogP contribution < -0.4 is 0 Å². The van der Waals surface area contributed by atoms with E-state index in [1.807, 2.05) is 0 Å². The first kappa shape index (κ1) is 12.6. The number of allylic oxidation sites excluding steroid dienone is 2. The third kappa shape index (κ3) is 2.54. The third-order valence-electron chi connectivity index (χ3n) is 2.41. The van der Waals surface area contributed by atoms with Crippen molar-refractivity contribution >= 4 is 31.9 Å². The molecule has 0 N–H and O–H groups in total. The molecule has 0 fully saturated rings. The largest absolute Gasteiger partial charge is 0.490 e. The van der Waals surface area contributed by atoms with Gasteiger partial charge in [-0.1, -0.05) is 52.6 Å². The summed E-state index contributed by atoms with van der Waals surface area (Å²) in [6.07, 6.45) is 1.000. The van der Waals surface area contributed by atoms with Crippen LogP contribution in [0.2, 0.25) is 0 Å². The molecule has 82 valence electrons. The van der Waals surface area contributed by atoms with Crippen molar-refractivity contribution in [2.75, 3.05) is 0 Å². The van der Waals surface area contributed by atoms with Crippen molar-refractivity contribution < 1.29 is 4.74 Å². The van der Waals surface area contributed by atoms with Crippen LogP contribution in [0.5, 0.6) is 0 Å². The standard InChI is InChI=1S/C11H18Br2O/c1-10(2,3)9-7(12)6-8(13)11(4,5)14-9/h8H,6H2,1-5H3. The Labute approximate surface area is 104 Å². The SMILES string of the molecule is CC(C)(C)C1=C(Br)CC(Br)C(C)(C)O1. The molecule has 0 aliphatic carbocycles. The van der Waals surface area contributed by atoms with Crippen molar-refractivity contribution in [3.63, 3.8) is 0 Å². The Morgan fingerprint density at radius 2 is 1.86 bits per heavy atom. The Balaban J connectivity index is 3.02. The van der Waals surface area contributed by atoms with E-state index in [1.54, 1.807) is 0 Å². The van der Waals surface area contributed by atoms with Crippen LogP contribution >= 0.6 is 31.9 Å². The summed E-state index contributed by atoms with van der Waals surface area (Å²) in [4.78, 5) is 0.371. The number of halogens is 2. The van der Waals surface area contributed by atoms with Gasteiger partial charge < -0.3 is 4.74 Å². The maximum absolute atomic E-state index is 6.05. The van der Waals surface area contributed by atoms with Crippen LogP contribution in [0.25, 0.3) is 0 Å². The molecule has 0 aromatic heterocycles. The summed E-state index contributed by atoms with van der Waals surface area (Å²) in [6, 6.07) is 0. The fourth-order valence-electron chi connectivity index (χ4n) is 1.44. The molecule has 1 atom stereocenters. The average Bonchev–Trinajstić information content (AvgIpc) is 1.95. The number of hydrogen-bond donors (Lipinski definition) is 0. The second-order valence-electron chi connectivity index (χ2n) is 5.36. The molecule has 1 aliphatic heterocycles. The van der Waals surface area contributed by atoms with E-state index in [2.05, 4.69) is 66.5 Å². The molecule has 0 radical (unpaired) electrons. The van der Waals surface area contributed by atoms with E-state index < -0.39 is 0 Å². The van der Waals surface area contributed by atoms with Crippen molar-refractivity contribution in [3.05, 3.63) is 10.2 Å². The Morgan fingerprint density at radius 1 is 1.36 bits per heavy atom. The van der Waals surface area contributed by atoms with Crippen LogP contribution in [0.3, 0.4) is 0 Å². The molecule has 0 amide bonds. The Morgan fingerprint density at radius 3 is 2.29 bits per heavy atom. The summed E-state index contributed by atoms with van der Waals surface area (Å²) < 4.78 is 7.23. The van der Waals surface area contributed by atoms with E-state index in [0.29, 0.717) is 4.83 Å². The van der Waals surface area contributed by atoms with Gasteiger partial charge in [-0.25, -0.2) is 0 Å². The highest BCUT2D eigenvalue weighted by molar-refractivity contribution is 9.12. The lowest BCUT2D eigenvalue weighted by atomic mass is 9.88. The van der Waals surface area contributed by atoms with Gasteiger partial charge in [0.05, 0.1) is 4.83 Å². The summed E-state index contributed by atoms with van der Waals surface area (Å²) in [7, 11) is 0. The van der Waals surface area contributed by atoms with Gasteiger partial charge in [0.15, 0.2) is 0 Å². The number of alkyl halides is 1. The van der Waals surface area contributed by atoms with Crippen molar-refractivity contribution in [2.24, 2.45) is 5.41 Å². The van der Waals surface area contributed by atoms with Crippen LogP contribution in [0, 0.1) is 5.41 Å². The Kier molecular flexibility index (Phi) is 3.43. The van der Waals surface area contributed by atoms with E-state index >= 15 is 0 Å². The van der Waals surface area contributed by atoms with Gasteiger partial charge in [0.25, 0.3) is 0 Å². The van der Waals surface area contributed by atoms with E-state index in [9.17, 15) is 0 Å². The average molecular weight is 326 g/mol. The van der Waals surface area contributed by atoms with E-state index in [1.165, 1.54) is 4.48 Å². The van der Waals surface area contributed by atoms with E-state index in [4.69, 9.17) is 4.74 Å². The molecule has 0 bridgehead atoms. The zero-order valence-electron chi connectivity index (χ0n) is 9.45. The molecule has 0 saturated heterocycles. The zero-order valence-corrected chi connectivity index (χ0v) is 12.6. The first-order valence-electron chi connectivity index (χ1n) is 4.87. The van der Waals surface area contributed by atoms with Gasteiger partial charge in [-0.2, -0.15) is 0 Å². The summed E-state index contributed by atoms with van der Waals surface area (Å²) >= 11 is 7.26. The lowest BCUT2D eigenvalue weighted by molar-refractivity contribution is -0.00538. The number of hydrogen-bond acceptors (Lipinski definition) is 1. The van der Waals surface area contributed by atoms with Gasteiger partial charge in [0.1, 0.15) is 11.4 Å². The highest BCUT2D eigenvalue weighted by Crippen LogP contribution is 2.44. The lowest BCUT2D eigenvalue weighted by Crippen LogP contribution is -2.40. The molecule has 14 heavy (non-hydrogen) atoms. The topological polar surface area (TPSA) is 9.23 Å². The smallest absolute Gasteiger partial charge is 0.116 e. The zero-order chi connectivity index (χ0) is 11.1. The van der Waals surface area contributed by atoms with Crippen LogP contribution in [-0.2, 0) is 4.74 Å². The summed E-state index contributed by atoms with van der Waals surface area (Å²) in [5, 5.41) is 0. The molecule has 1 nitrogen and oxygen atoms in total. The minimum Gasteiger partial charge on any atom is -0.490 e. The van der Waals surface area contributed by atoms with Crippen LogP contribution in [-0.4, -0.2) is 10.4 Å². The molecule has 0 saturated carbocycles. The molecule has 0 aromatic carbocycles. The van der Waals surface area contributed by atoms with Crippen LogP contribution in [0.1, 0.15) is 41.0 Å². The monoisotopic (exact) mass is 324 g/mol. The molecule has 1 heterocycles. The van der Waals surface area contributed by atoms with E-state index in [-0.39, 0.29) is 11.0 Å². The molecule has 1 rings (SSSR count). The summed E-state index contributed by atoms with van der Waals surface area (Å²) in [5.41, 5.74) is -0.0525. The van der Waals surface area contributed by atoms with E-state index in [0.717, 1.165) is 12.2 Å². The van der Waals surface area contributed by atoms with Gasteiger partial charge in [-0.05, 0) is 20.3 Å². The highest BCUT2D eigenvalue weighted by atomic mass is 79.9. The second kappa shape index (κ2) is 3.82. The van der Waals surface area contributed by atoms with Crippen LogP contribution in [0.15, 0.2) is 10.2 Å². The fraction of sp³-hybridized carbons (Fsp3) is 0.818. The van der Waals surface area contributed by atoms with Crippen molar-refractivity contribution in [2.45, 2.75) is 51.5 Å². The minimum atomic E-state index is -0.125. The first-order valence-corrected chi connectivity index (χ1v) is 6.57. The predicted molar refractivity (Wildman–Crippen MR) is 67.9 cm³/mol. The normalized spacial score (nSPS) is 27.5. The van der Waals surface area contributed by atoms with Crippen molar-refractivity contribution in [1.29, 1.82) is 0 Å². The van der Waals surface area contributed by atoms with Gasteiger partial charge in [-0.15, -0.1) is 0 Å². The maximum Gasteiger partial charge on any atom is 0.116 e. The van der Waals surface area contributed by atoms with Gasteiger partial charge in [0.2, 0.25) is 0 Å². The molecule has 1 unspecified atom stereocenters. The molecular weight excluding hydrogens is 308 g/mol. The predicted octanol–water partition coefficient (Wildman–Crippen LogP) is 4.60. The third-order valence-corrected chi connectivity index (χ3v) is 4.52. The first-order chi connectivity index (χ1) is 6.14. The molecule has 3 heteroatoms. The second-order valence-corrected chi connectivity index (χ2v) is 7.42. The summed E-state index contributed by atoms with van der Waals surface area (Å²) in [5.74, 6) is 1.08. The molecular formula is C11H18Br2O.